The second-order valence-corrected chi connectivity index (χ2v) is 5.87. The predicted octanol–water partition coefficient (Wildman–Crippen LogP) is 3.05. The van der Waals surface area contributed by atoms with Crippen LogP contribution in [-0.2, 0) is 4.79 Å². The van der Waals surface area contributed by atoms with Gasteiger partial charge in [0, 0.05) is 11.3 Å². The van der Waals surface area contributed by atoms with Crippen LogP contribution in [0, 0.1) is 13.8 Å². The van der Waals surface area contributed by atoms with Gasteiger partial charge in [0.25, 0.3) is 0 Å². The number of amides is 1. The summed E-state index contributed by atoms with van der Waals surface area (Å²) in [7, 11) is 0. The van der Waals surface area contributed by atoms with Crippen LogP contribution in [0.1, 0.15) is 17.5 Å². The lowest BCUT2D eigenvalue weighted by atomic mass is 10.1. The summed E-state index contributed by atoms with van der Waals surface area (Å²) in [6.45, 7) is 4.32. The highest BCUT2D eigenvalue weighted by atomic mass is 16.5. The summed E-state index contributed by atoms with van der Waals surface area (Å²) in [4.78, 5) is 25.5. The van der Waals surface area contributed by atoms with Gasteiger partial charge in [0.15, 0.2) is 5.82 Å². The van der Waals surface area contributed by atoms with Gasteiger partial charge in [0.1, 0.15) is 5.75 Å². The lowest BCUT2D eigenvalue weighted by Gasteiger charge is -2.11. The molecule has 0 unspecified atom stereocenters. The lowest BCUT2D eigenvalue weighted by molar-refractivity contribution is -0.116. The normalized spacial score (nSPS) is 10.5. The number of nitrogens with zero attached hydrogens (tertiary/aromatic N) is 1. The number of hydrogen-bond acceptors (Lipinski definition) is 5. The molecule has 1 aromatic heterocycles. The smallest absolute Gasteiger partial charge is 0.439 e. The zero-order valence-electron chi connectivity index (χ0n) is 14.5. The predicted molar refractivity (Wildman–Crippen MR) is 97.2 cm³/mol. The van der Waals surface area contributed by atoms with E-state index in [-0.39, 0.29) is 12.3 Å². The van der Waals surface area contributed by atoms with Gasteiger partial charge in [-0.3, -0.25) is 14.3 Å². The van der Waals surface area contributed by atoms with E-state index < -0.39 is 5.76 Å². The van der Waals surface area contributed by atoms with Crippen LogP contribution in [0.25, 0.3) is 11.4 Å². The molecule has 0 aliphatic heterocycles. The van der Waals surface area contributed by atoms with Crippen LogP contribution in [-0.4, -0.2) is 22.7 Å². The SMILES string of the molecule is Cc1cccc(OCCC(=O)Nc2ccc(-c3noc(=O)[nH]3)cc2)c1C. The van der Waals surface area contributed by atoms with Crippen molar-refractivity contribution in [2.45, 2.75) is 20.3 Å². The van der Waals surface area contributed by atoms with Crippen molar-refractivity contribution in [2.24, 2.45) is 0 Å². The molecule has 0 bridgehead atoms. The van der Waals surface area contributed by atoms with Gasteiger partial charge in [0.2, 0.25) is 5.91 Å². The minimum absolute atomic E-state index is 0.141. The molecule has 134 valence electrons. The molecule has 0 aliphatic carbocycles. The molecule has 2 N–H and O–H groups in total. The number of carbonyl (C=O) groups is 1. The Kier molecular flexibility index (Phi) is 5.17. The number of hydrogen-bond donors (Lipinski definition) is 2. The first-order valence-electron chi connectivity index (χ1n) is 8.18. The number of H-pyrrole nitrogens is 1. The minimum atomic E-state index is -0.610. The average Bonchev–Trinajstić information content (AvgIpc) is 3.06. The molecule has 2 aromatic carbocycles. The summed E-state index contributed by atoms with van der Waals surface area (Å²) in [5.41, 5.74) is 3.57. The van der Waals surface area contributed by atoms with E-state index in [0.29, 0.717) is 23.7 Å². The number of ether oxygens (including phenoxy) is 1. The van der Waals surface area contributed by atoms with Crippen LogP contribution in [0.4, 0.5) is 5.69 Å². The zero-order chi connectivity index (χ0) is 18.5. The Labute approximate surface area is 150 Å². The minimum Gasteiger partial charge on any atom is -0.493 e. The van der Waals surface area contributed by atoms with Crippen LogP contribution in [0.5, 0.6) is 5.75 Å². The Morgan fingerprint density at radius 3 is 2.65 bits per heavy atom. The zero-order valence-corrected chi connectivity index (χ0v) is 14.5. The molecule has 0 aliphatic rings. The van der Waals surface area contributed by atoms with E-state index >= 15 is 0 Å². The van der Waals surface area contributed by atoms with Gasteiger partial charge in [0.05, 0.1) is 13.0 Å². The van der Waals surface area contributed by atoms with Crippen molar-refractivity contribution in [1.29, 1.82) is 0 Å². The summed E-state index contributed by atoms with van der Waals surface area (Å²) < 4.78 is 10.2. The third kappa shape index (κ3) is 4.18. The Bertz CT molecular complexity index is 957. The monoisotopic (exact) mass is 353 g/mol. The van der Waals surface area contributed by atoms with Crippen LogP contribution >= 0.6 is 0 Å². The quantitative estimate of drug-likeness (QED) is 0.710. The van der Waals surface area contributed by atoms with E-state index in [1.54, 1.807) is 24.3 Å². The number of anilines is 1. The first-order chi connectivity index (χ1) is 12.5. The molecular weight excluding hydrogens is 334 g/mol. The molecular formula is C19H19N3O4. The number of benzene rings is 2. The topological polar surface area (TPSA) is 97.2 Å². The maximum absolute atomic E-state index is 12.0. The molecule has 0 radical (unpaired) electrons. The first-order valence-corrected chi connectivity index (χ1v) is 8.18. The second-order valence-electron chi connectivity index (χ2n) is 5.87. The molecule has 0 spiro atoms. The van der Waals surface area contributed by atoms with E-state index in [2.05, 4.69) is 20.0 Å². The Balaban J connectivity index is 1.52. The van der Waals surface area contributed by atoms with E-state index in [0.717, 1.165) is 16.9 Å². The number of aromatic nitrogens is 2. The van der Waals surface area contributed by atoms with Crippen molar-refractivity contribution in [3.8, 4) is 17.1 Å². The van der Waals surface area contributed by atoms with Gasteiger partial charge in [-0.1, -0.05) is 17.3 Å². The van der Waals surface area contributed by atoms with Gasteiger partial charge in [-0.25, -0.2) is 4.79 Å². The number of nitrogens with one attached hydrogen (secondary N) is 2. The van der Waals surface area contributed by atoms with Gasteiger partial charge in [-0.2, -0.15) is 0 Å². The van der Waals surface area contributed by atoms with Gasteiger partial charge in [-0.15, -0.1) is 0 Å². The molecule has 0 fully saturated rings. The highest BCUT2D eigenvalue weighted by Gasteiger charge is 2.07. The molecule has 26 heavy (non-hydrogen) atoms. The summed E-state index contributed by atoms with van der Waals surface area (Å²) in [5, 5.41) is 6.42. The molecule has 1 heterocycles. The van der Waals surface area contributed by atoms with Crippen molar-refractivity contribution in [3.05, 3.63) is 64.1 Å². The number of aryl methyl sites for hydroxylation is 1. The van der Waals surface area contributed by atoms with Crippen molar-refractivity contribution in [3.63, 3.8) is 0 Å². The Hall–Kier alpha value is -3.35. The van der Waals surface area contributed by atoms with Crippen molar-refractivity contribution in [1.82, 2.24) is 10.1 Å². The van der Waals surface area contributed by atoms with E-state index in [9.17, 15) is 9.59 Å². The van der Waals surface area contributed by atoms with Gasteiger partial charge >= 0.3 is 5.76 Å². The average molecular weight is 353 g/mol. The lowest BCUT2D eigenvalue weighted by Crippen LogP contribution is -2.15. The van der Waals surface area contributed by atoms with Crippen LogP contribution in [0.3, 0.4) is 0 Å². The van der Waals surface area contributed by atoms with Crippen molar-refractivity contribution < 1.29 is 14.1 Å². The summed E-state index contributed by atoms with van der Waals surface area (Å²) >= 11 is 0. The number of aromatic amines is 1. The molecule has 0 saturated heterocycles. The molecule has 7 heteroatoms. The molecule has 7 nitrogen and oxygen atoms in total. The summed E-state index contributed by atoms with van der Waals surface area (Å²) in [6.07, 6.45) is 0.242. The molecule has 3 rings (SSSR count). The molecule has 0 atom stereocenters. The second kappa shape index (κ2) is 7.69. The first kappa shape index (κ1) is 17.5. The van der Waals surface area contributed by atoms with Crippen LogP contribution < -0.4 is 15.8 Å². The fraction of sp³-hybridized carbons (Fsp3) is 0.211. The number of carbonyl (C=O) groups excluding carboxylic acids is 1. The van der Waals surface area contributed by atoms with Gasteiger partial charge in [-0.05, 0) is 55.3 Å². The Morgan fingerprint density at radius 2 is 1.96 bits per heavy atom. The molecule has 0 saturated carbocycles. The third-order valence-corrected chi connectivity index (χ3v) is 4.02. The van der Waals surface area contributed by atoms with Crippen LogP contribution in [0.15, 0.2) is 51.8 Å². The van der Waals surface area contributed by atoms with Crippen molar-refractivity contribution in [2.75, 3.05) is 11.9 Å². The van der Waals surface area contributed by atoms with E-state index in [1.165, 1.54) is 0 Å². The maximum Gasteiger partial charge on any atom is 0.439 e. The Morgan fingerprint density at radius 1 is 1.19 bits per heavy atom. The fourth-order valence-corrected chi connectivity index (χ4v) is 2.42. The maximum atomic E-state index is 12.0. The van der Waals surface area contributed by atoms with E-state index in [4.69, 9.17) is 4.74 Å². The van der Waals surface area contributed by atoms with E-state index in [1.807, 2.05) is 32.0 Å². The summed E-state index contributed by atoms with van der Waals surface area (Å²) in [5.74, 6) is 0.387. The highest BCUT2D eigenvalue weighted by molar-refractivity contribution is 5.91. The van der Waals surface area contributed by atoms with Crippen LogP contribution in [0.2, 0.25) is 0 Å². The molecule has 3 aromatic rings. The summed E-state index contributed by atoms with van der Waals surface area (Å²) in [6, 6.07) is 12.8. The van der Waals surface area contributed by atoms with Crippen molar-refractivity contribution >= 4 is 11.6 Å². The number of rotatable bonds is 6. The van der Waals surface area contributed by atoms with Gasteiger partial charge < -0.3 is 10.1 Å². The molecule has 1 amide bonds. The highest BCUT2D eigenvalue weighted by Crippen LogP contribution is 2.21. The third-order valence-electron chi connectivity index (χ3n) is 4.02. The fourth-order valence-electron chi connectivity index (χ4n) is 2.42. The largest absolute Gasteiger partial charge is 0.493 e. The standard InChI is InChI=1S/C19H19N3O4/c1-12-4-3-5-16(13(12)2)25-11-10-17(23)20-15-8-6-14(7-9-15)18-21-19(24)26-22-18/h3-9H,10-11H2,1-2H3,(H,20,23)(H,21,22,24).